The quantitative estimate of drug-likeness (QED) is 0.756. The minimum atomic E-state index is -0.558. The predicted molar refractivity (Wildman–Crippen MR) is 76.3 cm³/mol. The Morgan fingerprint density at radius 2 is 2.11 bits per heavy atom. The van der Waals surface area contributed by atoms with E-state index in [-0.39, 0.29) is 0 Å². The zero-order valence-corrected chi connectivity index (χ0v) is 13.0. The Balaban J connectivity index is 2.18. The number of thioether (sulfide) groups is 1. The van der Waals surface area contributed by atoms with Crippen molar-refractivity contribution in [1.29, 1.82) is 0 Å². The molecule has 0 radical (unpaired) electrons. The average molecular weight is 347 g/mol. The summed E-state index contributed by atoms with van der Waals surface area (Å²) < 4.78 is 29.2. The highest BCUT2D eigenvalue weighted by molar-refractivity contribution is 9.10. The summed E-state index contributed by atoms with van der Waals surface area (Å²) in [6, 6.07) is 3.63. The SMILES string of the molecule is CCn1nc(C)c(Br)c1CSc1ccc(F)cc1F. The van der Waals surface area contributed by atoms with Crippen LogP contribution in [-0.4, -0.2) is 9.78 Å². The summed E-state index contributed by atoms with van der Waals surface area (Å²) >= 11 is 4.83. The molecular weight excluding hydrogens is 334 g/mol. The van der Waals surface area contributed by atoms with E-state index in [1.807, 2.05) is 18.5 Å². The molecule has 1 heterocycles. The Morgan fingerprint density at radius 3 is 2.74 bits per heavy atom. The Hall–Kier alpha value is -0.880. The lowest BCUT2D eigenvalue weighted by atomic mass is 10.3. The molecule has 2 nitrogen and oxygen atoms in total. The lowest BCUT2D eigenvalue weighted by Crippen LogP contribution is -2.01. The first-order chi connectivity index (χ1) is 9.02. The fourth-order valence-corrected chi connectivity index (χ4v) is 3.30. The molecule has 1 aromatic carbocycles. The molecule has 6 heteroatoms. The molecule has 0 aliphatic rings. The summed E-state index contributed by atoms with van der Waals surface area (Å²) in [6.45, 7) is 4.68. The van der Waals surface area contributed by atoms with E-state index < -0.39 is 11.6 Å². The minimum Gasteiger partial charge on any atom is -0.268 e. The third kappa shape index (κ3) is 3.17. The van der Waals surface area contributed by atoms with Crippen molar-refractivity contribution in [3.05, 3.63) is 45.7 Å². The molecule has 0 spiro atoms. The van der Waals surface area contributed by atoms with Gasteiger partial charge in [-0.05, 0) is 41.9 Å². The fraction of sp³-hybridized carbons (Fsp3) is 0.308. The maximum Gasteiger partial charge on any atom is 0.139 e. The van der Waals surface area contributed by atoms with Crippen molar-refractivity contribution in [1.82, 2.24) is 9.78 Å². The van der Waals surface area contributed by atoms with Crippen molar-refractivity contribution in [2.24, 2.45) is 0 Å². The van der Waals surface area contributed by atoms with Gasteiger partial charge in [-0.1, -0.05) is 0 Å². The van der Waals surface area contributed by atoms with E-state index >= 15 is 0 Å². The van der Waals surface area contributed by atoms with E-state index in [0.717, 1.165) is 28.5 Å². The van der Waals surface area contributed by atoms with Gasteiger partial charge in [-0.2, -0.15) is 5.10 Å². The molecule has 102 valence electrons. The van der Waals surface area contributed by atoms with Gasteiger partial charge in [0.15, 0.2) is 0 Å². The normalized spacial score (nSPS) is 11.0. The Bertz CT molecular complexity index is 599. The Morgan fingerprint density at radius 1 is 1.37 bits per heavy atom. The molecule has 0 amide bonds. The minimum absolute atomic E-state index is 0.440. The van der Waals surface area contributed by atoms with Crippen LogP contribution in [0.3, 0.4) is 0 Å². The number of halogens is 3. The number of hydrogen-bond donors (Lipinski definition) is 0. The highest BCUT2D eigenvalue weighted by Crippen LogP contribution is 2.30. The van der Waals surface area contributed by atoms with Crippen molar-refractivity contribution in [2.75, 3.05) is 0 Å². The van der Waals surface area contributed by atoms with Crippen LogP contribution >= 0.6 is 27.7 Å². The van der Waals surface area contributed by atoms with Crippen LogP contribution < -0.4 is 0 Å². The van der Waals surface area contributed by atoms with Crippen LogP contribution in [0.25, 0.3) is 0 Å². The lowest BCUT2D eigenvalue weighted by Gasteiger charge is -2.06. The summed E-state index contributed by atoms with van der Waals surface area (Å²) in [6.07, 6.45) is 0. The summed E-state index contributed by atoms with van der Waals surface area (Å²) in [5, 5.41) is 4.38. The molecule has 0 atom stereocenters. The molecule has 0 aliphatic heterocycles. The van der Waals surface area contributed by atoms with E-state index in [2.05, 4.69) is 21.0 Å². The van der Waals surface area contributed by atoms with Crippen LogP contribution in [0.5, 0.6) is 0 Å². The van der Waals surface area contributed by atoms with Crippen molar-refractivity contribution < 1.29 is 8.78 Å². The first-order valence-corrected chi connectivity index (χ1v) is 7.60. The van der Waals surface area contributed by atoms with Crippen molar-refractivity contribution in [3.63, 3.8) is 0 Å². The highest BCUT2D eigenvalue weighted by Gasteiger charge is 2.13. The largest absolute Gasteiger partial charge is 0.268 e. The van der Waals surface area contributed by atoms with Gasteiger partial charge in [-0.25, -0.2) is 8.78 Å². The van der Waals surface area contributed by atoms with Crippen molar-refractivity contribution in [2.45, 2.75) is 31.0 Å². The van der Waals surface area contributed by atoms with Gasteiger partial charge in [0, 0.05) is 23.3 Å². The molecular formula is C13H13BrF2N2S. The number of benzene rings is 1. The molecule has 0 unspecified atom stereocenters. The molecule has 1 aromatic heterocycles. The summed E-state index contributed by atoms with van der Waals surface area (Å²) in [5.74, 6) is -0.504. The Kier molecular flexibility index (Phi) is 4.62. The van der Waals surface area contributed by atoms with Crippen LogP contribution in [-0.2, 0) is 12.3 Å². The number of nitrogens with zero attached hydrogens (tertiary/aromatic N) is 2. The second-order valence-electron chi connectivity index (χ2n) is 4.03. The van der Waals surface area contributed by atoms with Crippen molar-refractivity contribution in [3.8, 4) is 0 Å². The van der Waals surface area contributed by atoms with Crippen LogP contribution in [0.4, 0.5) is 8.78 Å². The van der Waals surface area contributed by atoms with E-state index in [9.17, 15) is 8.78 Å². The summed E-state index contributed by atoms with van der Waals surface area (Å²) in [7, 11) is 0. The second-order valence-corrected chi connectivity index (χ2v) is 5.84. The van der Waals surface area contributed by atoms with Crippen LogP contribution in [0, 0.1) is 18.6 Å². The maximum absolute atomic E-state index is 13.5. The fourth-order valence-electron chi connectivity index (χ4n) is 1.75. The van der Waals surface area contributed by atoms with E-state index in [1.54, 1.807) is 0 Å². The molecule has 0 aliphatic carbocycles. The summed E-state index contributed by atoms with van der Waals surface area (Å²) in [4.78, 5) is 0.440. The molecule has 0 fully saturated rings. The maximum atomic E-state index is 13.5. The van der Waals surface area contributed by atoms with Gasteiger partial charge >= 0.3 is 0 Å². The summed E-state index contributed by atoms with van der Waals surface area (Å²) in [5.41, 5.74) is 1.92. The lowest BCUT2D eigenvalue weighted by molar-refractivity contribution is 0.565. The molecule has 0 saturated carbocycles. The first-order valence-electron chi connectivity index (χ1n) is 5.82. The molecule has 0 bridgehead atoms. The topological polar surface area (TPSA) is 17.8 Å². The van der Waals surface area contributed by atoms with Crippen LogP contribution in [0.2, 0.25) is 0 Å². The average Bonchev–Trinajstić information content (AvgIpc) is 2.65. The number of aryl methyl sites for hydroxylation is 2. The van der Waals surface area contributed by atoms with E-state index in [1.165, 1.54) is 23.9 Å². The zero-order chi connectivity index (χ0) is 14.0. The van der Waals surface area contributed by atoms with Gasteiger partial charge < -0.3 is 0 Å². The highest BCUT2D eigenvalue weighted by atomic mass is 79.9. The first kappa shape index (κ1) is 14.5. The predicted octanol–water partition coefficient (Wildman–Crippen LogP) is 4.54. The van der Waals surface area contributed by atoms with E-state index in [0.29, 0.717) is 10.6 Å². The Labute approximate surface area is 123 Å². The van der Waals surface area contributed by atoms with Crippen LogP contribution in [0.1, 0.15) is 18.3 Å². The third-order valence-corrected chi connectivity index (χ3v) is 4.80. The number of aromatic nitrogens is 2. The van der Waals surface area contributed by atoms with Gasteiger partial charge in [0.25, 0.3) is 0 Å². The van der Waals surface area contributed by atoms with Gasteiger partial charge in [-0.15, -0.1) is 11.8 Å². The van der Waals surface area contributed by atoms with Gasteiger partial charge in [-0.3, -0.25) is 4.68 Å². The monoisotopic (exact) mass is 346 g/mol. The number of rotatable bonds is 4. The standard InChI is InChI=1S/C13H13BrF2N2S/c1-3-18-11(13(14)8(2)17-18)7-19-12-5-4-9(15)6-10(12)16/h4-6H,3,7H2,1-2H3. The number of hydrogen-bond acceptors (Lipinski definition) is 2. The molecule has 0 N–H and O–H groups in total. The van der Waals surface area contributed by atoms with Gasteiger partial charge in [0.2, 0.25) is 0 Å². The zero-order valence-electron chi connectivity index (χ0n) is 10.6. The van der Waals surface area contributed by atoms with Gasteiger partial charge in [0.1, 0.15) is 11.6 Å². The smallest absolute Gasteiger partial charge is 0.139 e. The molecule has 2 aromatic rings. The molecule has 19 heavy (non-hydrogen) atoms. The molecule has 0 saturated heterocycles. The molecule has 2 rings (SSSR count). The van der Waals surface area contributed by atoms with Crippen molar-refractivity contribution >= 4 is 27.7 Å². The van der Waals surface area contributed by atoms with E-state index in [4.69, 9.17) is 0 Å². The van der Waals surface area contributed by atoms with Crippen LogP contribution in [0.15, 0.2) is 27.6 Å². The third-order valence-electron chi connectivity index (χ3n) is 2.71. The van der Waals surface area contributed by atoms with Gasteiger partial charge in [0.05, 0.1) is 15.9 Å². The second kappa shape index (κ2) is 6.05.